The molecule has 2 aromatic rings. The third-order valence-electron chi connectivity index (χ3n) is 3.10. The number of carboxylic acid groups (broad SMARTS) is 1. The second kappa shape index (κ2) is 3.70. The molecule has 0 aliphatic heterocycles. The van der Waals surface area contributed by atoms with E-state index in [1.807, 2.05) is 24.3 Å². The van der Waals surface area contributed by atoms with Crippen LogP contribution in [-0.4, -0.2) is 22.0 Å². The Bertz CT molecular complexity index is 689. The lowest BCUT2D eigenvalue weighted by atomic mass is 10.00. The largest absolute Gasteiger partial charge is 0.478 e. The van der Waals surface area contributed by atoms with Crippen LogP contribution in [0.2, 0.25) is 0 Å². The molecule has 18 heavy (non-hydrogen) atoms. The summed E-state index contributed by atoms with van der Waals surface area (Å²) in [7, 11) is 0. The molecule has 0 fully saturated rings. The van der Waals surface area contributed by atoms with Crippen molar-refractivity contribution in [2.24, 2.45) is 5.16 Å². The molecule has 0 saturated heterocycles. The first kappa shape index (κ1) is 10.5. The van der Waals surface area contributed by atoms with Crippen molar-refractivity contribution in [1.29, 1.82) is 0 Å². The van der Waals surface area contributed by atoms with Gasteiger partial charge in [0, 0.05) is 16.7 Å². The summed E-state index contributed by atoms with van der Waals surface area (Å²) in [6, 6.07) is 12.3. The molecule has 0 spiro atoms. The predicted octanol–water partition coefficient (Wildman–Crippen LogP) is 2.59. The summed E-state index contributed by atoms with van der Waals surface area (Å²) < 4.78 is 0. The Kier molecular flexibility index (Phi) is 2.16. The Labute approximate surface area is 103 Å². The third kappa shape index (κ3) is 1.26. The van der Waals surface area contributed by atoms with E-state index < -0.39 is 5.97 Å². The van der Waals surface area contributed by atoms with Crippen LogP contribution in [0.3, 0.4) is 0 Å². The maximum atomic E-state index is 11.3. The van der Waals surface area contributed by atoms with Crippen LogP contribution >= 0.6 is 0 Å². The first-order chi connectivity index (χ1) is 8.74. The quantitative estimate of drug-likeness (QED) is 0.506. The molecule has 1 aliphatic rings. The number of hydrogen-bond acceptors (Lipinski definition) is 3. The van der Waals surface area contributed by atoms with Gasteiger partial charge in [0.2, 0.25) is 0 Å². The van der Waals surface area contributed by atoms with Gasteiger partial charge in [0.1, 0.15) is 5.71 Å². The topological polar surface area (TPSA) is 69.9 Å². The summed E-state index contributed by atoms with van der Waals surface area (Å²) in [6.45, 7) is 0. The maximum absolute atomic E-state index is 11.3. The van der Waals surface area contributed by atoms with Crippen molar-refractivity contribution in [1.82, 2.24) is 0 Å². The molecule has 0 aromatic heterocycles. The lowest BCUT2D eigenvalue weighted by Gasteiger charge is -2.04. The monoisotopic (exact) mass is 239 g/mol. The van der Waals surface area contributed by atoms with Crippen LogP contribution in [0, 0.1) is 0 Å². The molecular weight excluding hydrogens is 230 g/mol. The SMILES string of the molecule is O=C(O)c1cccc2c1-c1ccccc1C2=NO. The fraction of sp³-hybridized carbons (Fsp3) is 0. The molecular formula is C14H9NO3. The minimum absolute atomic E-state index is 0.221. The van der Waals surface area contributed by atoms with Gasteiger partial charge in [-0.3, -0.25) is 0 Å². The van der Waals surface area contributed by atoms with Gasteiger partial charge in [0.05, 0.1) is 5.56 Å². The molecule has 4 heteroatoms. The van der Waals surface area contributed by atoms with E-state index in [9.17, 15) is 9.90 Å². The number of carboxylic acids is 1. The highest BCUT2D eigenvalue weighted by atomic mass is 16.4. The molecule has 2 aromatic carbocycles. The zero-order chi connectivity index (χ0) is 12.7. The Morgan fingerprint density at radius 3 is 2.28 bits per heavy atom. The molecule has 0 heterocycles. The Morgan fingerprint density at radius 1 is 0.944 bits per heavy atom. The van der Waals surface area contributed by atoms with Crippen LogP contribution in [-0.2, 0) is 0 Å². The first-order valence-electron chi connectivity index (χ1n) is 5.42. The van der Waals surface area contributed by atoms with Crippen LogP contribution in [0.25, 0.3) is 11.1 Å². The van der Waals surface area contributed by atoms with Crippen molar-refractivity contribution in [2.45, 2.75) is 0 Å². The summed E-state index contributed by atoms with van der Waals surface area (Å²) in [5, 5.41) is 21.7. The molecule has 3 rings (SSSR count). The maximum Gasteiger partial charge on any atom is 0.336 e. The third-order valence-corrected chi connectivity index (χ3v) is 3.10. The average Bonchev–Trinajstić information content (AvgIpc) is 2.72. The number of benzene rings is 2. The second-order valence-electron chi connectivity index (χ2n) is 4.03. The van der Waals surface area contributed by atoms with Crippen molar-refractivity contribution in [3.05, 3.63) is 59.2 Å². The number of oxime groups is 1. The molecule has 88 valence electrons. The van der Waals surface area contributed by atoms with E-state index in [1.165, 1.54) is 0 Å². The van der Waals surface area contributed by atoms with Crippen molar-refractivity contribution >= 4 is 11.7 Å². The first-order valence-corrected chi connectivity index (χ1v) is 5.42. The number of fused-ring (bicyclic) bond motifs is 3. The number of hydrogen-bond donors (Lipinski definition) is 2. The van der Waals surface area contributed by atoms with E-state index in [0.717, 1.165) is 11.1 Å². The molecule has 0 atom stereocenters. The van der Waals surface area contributed by atoms with Crippen molar-refractivity contribution < 1.29 is 15.1 Å². The molecule has 0 radical (unpaired) electrons. The summed E-state index contributed by atoms with van der Waals surface area (Å²) in [5.74, 6) is -0.985. The van der Waals surface area contributed by atoms with Gasteiger partial charge in [-0.25, -0.2) is 4.79 Å². The van der Waals surface area contributed by atoms with Crippen LogP contribution in [0.15, 0.2) is 47.6 Å². The molecule has 4 nitrogen and oxygen atoms in total. The summed E-state index contributed by atoms with van der Waals surface area (Å²) >= 11 is 0. The highest BCUT2D eigenvalue weighted by Gasteiger charge is 2.28. The summed E-state index contributed by atoms with van der Waals surface area (Å²) in [5.41, 5.74) is 3.45. The molecule has 0 bridgehead atoms. The van der Waals surface area contributed by atoms with Gasteiger partial charge >= 0.3 is 5.97 Å². The van der Waals surface area contributed by atoms with Crippen LogP contribution in [0.5, 0.6) is 0 Å². The predicted molar refractivity (Wildman–Crippen MR) is 66.3 cm³/mol. The highest BCUT2D eigenvalue weighted by Crippen LogP contribution is 2.39. The zero-order valence-electron chi connectivity index (χ0n) is 9.29. The van der Waals surface area contributed by atoms with Gasteiger partial charge in [-0.1, -0.05) is 41.6 Å². The average molecular weight is 239 g/mol. The summed E-state index contributed by atoms with van der Waals surface area (Å²) in [4.78, 5) is 11.3. The van der Waals surface area contributed by atoms with Gasteiger partial charge in [0.15, 0.2) is 0 Å². The Hall–Kier alpha value is -2.62. The highest BCUT2D eigenvalue weighted by molar-refractivity contribution is 6.26. The normalized spacial score (nSPS) is 14.3. The van der Waals surface area contributed by atoms with E-state index in [0.29, 0.717) is 16.8 Å². The van der Waals surface area contributed by atoms with Crippen molar-refractivity contribution in [2.75, 3.05) is 0 Å². The van der Waals surface area contributed by atoms with Gasteiger partial charge in [-0.15, -0.1) is 0 Å². The Morgan fingerprint density at radius 2 is 1.61 bits per heavy atom. The van der Waals surface area contributed by atoms with E-state index in [2.05, 4.69) is 5.16 Å². The fourth-order valence-corrected chi connectivity index (χ4v) is 2.38. The minimum Gasteiger partial charge on any atom is -0.478 e. The number of nitrogens with zero attached hydrogens (tertiary/aromatic N) is 1. The lowest BCUT2D eigenvalue weighted by molar-refractivity contribution is 0.0697. The Balaban J connectivity index is 2.43. The lowest BCUT2D eigenvalue weighted by Crippen LogP contribution is -2.01. The van der Waals surface area contributed by atoms with E-state index >= 15 is 0 Å². The van der Waals surface area contributed by atoms with Crippen LogP contribution in [0.4, 0.5) is 0 Å². The number of aromatic carboxylic acids is 1. The summed E-state index contributed by atoms with van der Waals surface area (Å²) in [6.07, 6.45) is 0. The van der Waals surface area contributed by atoms with Crippen molar-refractivity contribution in [3.8, 4) is 11.1 Å². The molecule has 0 saturated carbocycles. The van der Waals surface area contributed by atoms with E-state index in [4.69, 9.17) is 5.21 Å². The standard InChI is InChI=1S/C14H9NO3/c16-14(17)11-7-3-6-10-12(11)8-4-1-2-5-9(8)13(10)15-18/h1-7,18H,(H,16,17). The van der Waals surface area contributed by atoms with Crippen molar-refractivity contribution in [3.63, 3.8) is 0 Å². The van der Waals surface area contributed by atoms with Gasteiger partial charge in [0.25, 0.3) is 0 Å². The van der Waals surface area contributed by atoms with E-state index in [1.54, 1.807) is 18.2 Å². The van der Waals surface area contributed by atoms with Crippen LogP contribution < -0.4 is 0 Å². The minimum atomic E-state index is -0.985. The molecule has 0 unspecified atom stereocenters. The molecule has 2 N–H and O–H groups in total. The van der Waals surface area contributed by atoms with Crippen LogP contribution in [0.1, 0.15) is 21.5 Å². The number of rotatable bonds is 1. The smallest absolute Gasteiger partial charge is 0.336 e. The molecule has 1 aliphatic carbocycles. The van der Waals surface area contributed by atoms with Gasteiger partial charge < -0.3 is 10.3 Å². The molecule has 0 amide bonds. The van der Waals surface area contributed by atoms with Gasteiger partial charge in [-0.2, -0.15) is 0 Å². The number of carbonyl (C=O) groups is 1. The fourth-order valence-electron chi connectivity index (χ4n) is 2.38. The zero-order valence-corrected chi connectivity index (χ0v) is 9.29. The second-order valence-corrected chi connectivity index (χ2v) is 4.03. The van der Waals surface area contributed by atoms with E-state index in [-0.39, 0.29) is 5.56 Å². The van der Waals surface area contributed by atoms with Gasteiger partial charge in [-0.05, 0) is 11.6 Å².